The lowest BCUT2D eigenvalue weighted by molar-refractivity contribution is -0.207. The van der Waals surface area contributed by atoms with Crippen molar-refractivity contribution in [3.8, 4) is 0 Å². The van der Waals surface area contributed by atoms with E-state index in [1.54, 1.807) is 0 Å². The van der Waals surface area contributed by atoms with Crippen molar-refractivity contribution in [2.75, 3.05) is 18.9 Å². The Morgan fingerprint density at radius 1 is 1.22 bits per heavy atom. The second-order valence-corrected chi connectivity index (χ2v) is 12.2. The van der Waals surface area contributed by atoms with Crippen molar-refractivity contribution in [1.82, 2.24) is 10.6 Å². The fraction of sp³-hybridized carbons (Fsp3) is 0.846. The molecule has 0 aromatic rings. The largest absolute Gasteiger partial charge is 0.483 e. The summed E-state index contributed by atoms with van der Waals surface area (Å²) in [5, 5.41) is 45.1. The minimum absolute atomic E-state index is 0.127. The van der Waals surface area contributed by atoms with Crippen LogP contribution in [0.1, 0.15) is 46.5 Å². The van der Waals surface area contributed by atoms with Crippen LogP contribution >= 0.6 is 11.8 Å². The first-order valence-corrected chi connectivity index (χ1v) is 14.4. The van der Waals surface area contributed by atoms with E-state index < -0.39 is 41.9 Å². The number of hydrogen-bond donors (Lipinski definition) is 6. The molecule has 4 rings (SSSR count). The normalized spacial score (nSPS) is 42.1. The molecule has 4 aliphatic rings. The molecule has 3 fully saturated rings. The summed E-state index contributed by atoms with van der Waals surface area (Å²) in [5.41, 5.74) is -0.654. The zero-order valence-corrected chi connectivity index (χ0v) is 22.8. The molecule has 0 unspecified atom stereocenters. The fourth-order valence-electron chi connectivity index (χ4n) is 6.03. The summed E-state index contributed by atoms with van der Waals surface area (Å²) in [7, 11) is 0. The third kappa shape index (κ3) is 7.68. The molecule has 0 aliphatic carbocycles. The second kappa shape index (κ2) is 14.3. The van der Waals surface area contributed by atoms with E-state index in [0.29, 0.717) is 24.4 Å². The predicted octanol–water partition coefficient (Wildman–Crippen LogP) is 0.738. The Morgan fingerprint density at radius 2 is 1.95 bits per heavy atom. The molecule has 0 spiro atoms. The van der Waals surface area contributed by atoms with Crippen LogP contribution in [0.4, 0.5) is 0 Å². The number of carboxylic acid groups (broad SMARTS) is 1. The van der Waals surface area contributed by atoms with Crippen LogP contribution in [-0.4, -0.2) is 99.7 Å². The van der Waals surface area contributed by atoms with Gasteiger partial charge in [-0.15, -0.1) is 11.8 Å². The van der Waals surface area contributed by atoms with Gasteiger partial charge in [0, 0.05) is 13.2 Å². The standard InChI is InChI=1S/C25H42N2O6S.CH2O2/c1-13(2)10-15-7-8-32-22-16(11-15)12-26-18(22)24(31)27-17-14(3)6-4-5-9-34-25-21(30)19(28)20(29)23(17)33-25;2-1-3/h4,6,13-23,25-26,28-30H,5,7-12H2,1-3H3,(H,27,31);1H,(H,2,3)/t14-,15+,16+,17-,18+,19+,20-,21-,22-,23-,25-;/m1./s1. The minimum Gasteiger partial charge on any atom is -0.483 e. The summed E-state index contributed by atoms with van der Waals surface area (Å²) in [6.45, 7) is 7.65. The molecule has 0 saturated carbocycles. The Balaban J connectivity index is 0.00000121. The third-order valence-electron chi connectivity index (χ3n) is 7.79. The molecule has 4 heterocycles. The molecular formula is C26H44N2O8S. The number of amides is 1. The maximum Gasteiger partial charge on any atom is 0.290 e. The van der Waals surface area contributed by atoms with Gasteiger partial charge in [0.1, 0.15) is 35.9 Å². The van der Waals surface area contributed by atoms with Gasteiger partial charge in [0.15, 0.2) is 0 Å². The van der Waals surface area contributed by atoms with Gasteiger partial charge >= 0.3 is 0 Å². The van der Waals surface area contributed by atoms with Gasteiger partial charge in [0.25, 0.3) is 6.47 Å². The van der Waals surface area contributed by atoms with Gasteiger partial charge in [-0.1, -0.05) is 32.9 Å². The van der Waals surface area contributed by atoms with Crippen molar-refractivity contribution < 1.29 is 39.5 Å². The highest BCUT2D eigenvalue weighted by molar-refractivity contribution is 7.99. The van der Waals surface area contributed by atoms with Crippen LogP contribution < -0.4 is 10.6 Å². The number of thioether (sulfide) groups is 1. The van der Waals surface area contributed by atoms with E-state index in [1.807, 2.05) is 13.0 Å². The first-order valence-electron chi connectivity index (χ1n) is 13.4. The summed E-state index contributed by atoms with van der Waals surface area (Å²) in [4.78, 5) is 21.9. The Kier molecular flexibility index (Phi) is 11.7. The van der Waals surface area contributed by atoms with Crippen LogP contribution in [0.5, 0.6) is 0 Å². The summed E-state index contributed by atoms with van der Waals surface area (Å²) in [6.07, 6.45) is 3.36. The lowest BCUT2D eigenvalue weighted by Crippen LogP contribution is -2.65. The van der Waals surface area contributed by atoms with Gasteiger partial charge in [-0.25, -0.2) is 0 Å². The number of carbonyl (C=O) groups excluding carboxylic acids is 1. The molecule has 0 radical (unpaired) electrons. The number of fused-ring (bicyclic) bond motifs is 3. The second-order valence-electron chi connectivity index (χ2n) is 11.0. The van der Waals surface area contributed by atoms with Crippen molar-refractivity contribution in [2.24, 2.45) is 23.7 Å². The van der Waals surface area contributed by atoms with Crippen molar-refractivity contribution in [2.45, 2.75) is 94.5 Å². The van der Waals surface area contributed by atoms with E-state index in [-0.39, 0.29) is 24.4 Å². The molecule has 11 atom stereocenters. The van der Waals surface area contributed by atoms with Crippen molar-refractivity contribution in [3.63, 3.8) is 0 Å². The van der Waals surface area contributed by atoms with Crippen LogP contribution in [0.15, 0.2) is 12.2 Å². The van der Waals surface area contributed by atoms with Gasteiger partial charge in [-0.05, 0) is 55.1 Å². The van der Waals surface area contributed by atoms with E-state index in [4.69, 9.17) is 19.4 Å². The molecule has 4 aliphatic heterocycles. The molecular weight excluding hydrogens is 500 g/mol. The van der Waals surface area contributed by atoms with Crippen molar-refractivity contribution in [3.05, 3.63) is 12.2 Å². The van der Waals surface area contributed by atoms with Crippen LogP contribution in [0.25, 0.3) is 0 Å². The fourth-order valence-corrected chi connectivity index (χ4v) is 7.10. The monoisotopic (exact) mass is 544 g/mol. The van der Waals surface area contributed by atoms with E-state index in [9.17, 15) is 20.1 Å². The van der Waals surface area contributed by atoms with Gasteiger partial charge < -0.3 is 40.5 Å². The van der Waals surface area contributed by atoms with Gasteiger partial charge in [-0.3, -0.25) is 9.59 Å². The highest BCUT2D eigenvalue weighted by Gasteiger charge is 2.49. The lowest BCUT2D eigenvalue weighted by Gasteiger charge is -2.45. The Morgan fingerprint density at radius 3 is 2.65 bits per heavy atom. The lowest BCUT2D eigenvalue weighted by atomic mass is 9.85. The van der Waals surface area contributed by atoms with Crippen molar-refractivity contribution in [1.29, 1.82) is 0 Å². The molecule has 6 N–H and O–H groups in total. The van der Waals surface area contributed by atoms with Crippen LogP contribution in [0.2, 0.25) is 0 Å². The minimum atomic E-state index is -1.33. The average Bonchev–Trinajstić information content (AvgIpc) is 3.14. The first-order chi connectivity index (χ1) is 17.7. The van der Waals surface area contributed by atoms with E-state index >= 15 is 0 Å². The SMILES string of the molecule is CC(C)C[C@@H]1CCO[C@@H]2[C@H](CN[C@@H]2C(=O)N[C@H]2[C@H]3O[C@H](SCCC=C[C@H]2C)[C@H](O)[C@@H](O)[C@H]3O)C1.O=CO. The van der Waals surface area contributed by atoms with Crippen LogP contribution in [0, 0.1) is 23.7 Å². The quantitative estimate of drug-likeness (QED) is 0.220. The molecule has 10 nitrogen and oxygen atoms in total. The molecule has 37 heavy (non-hydrogen) atoms. The summed E-state index contributed by atoms with van der Waals surface area (Å²) in [6, 6.07) is -1.02. The van der Waals surface area contributed by atoms with Crippen molar-refractivity contribution >= 4 is 24.1 Å². The smallest absolute Gasteiger partial charge is 0.290 e. The van der Waals surface area contributed by atoms with E-state index in [1.165, 1.54) is 18.2 Å². The molecule has 2 bridgehead atoms. The maximum absolute atomic E-state index is 13.5. The number of allylic oxidation sites excluding steroid dienone is 1. The Labute approximate surface area is 223 Å². The highest BCUT2D eigenvalue weighted by Crippen LogP contribution is 2.35. The molecule has 1 amide bonds. The van der Waals surface area contributed by atoms with E-state index in [0.717, 1.165) is 31.6 Å². The average molecular weight is 545 g/mol. The number of nitrogens with one attached hydrogen (secondary N) is 2. The van der Waals surface area contributed by atoms with Gasteiger partial charge in [0.2, 0.25) is 5.91 Å². The molecule has 0 aromatic carbocycles. The van der Waals surface area contributed by atoms with Gasteiger partial charge in [-0.2, -0.15) is 0 Å². The summed E-state index contributed by atoms with van der Waals surface area (Å²) < 4.78 is 12.3. The number of hydrogen-bond acceptors (Lipinski definition) is 9. The molecule has 0 aromatic heterocycles. The number of ether oxygens (including phenoxy) is 2. The Bertz CT molecular complexity index is 771. The number of aliphatic hydroxyl groups excluding tert-OH is 3. The number of rotatable bonds is 4. The molecule has 212 valence electrons. The molecule has 11 heteroatoms. The summed E-state index contributed by atoms with van der Waals surface area (Å²) in [5.74, 6) is 2.01. The number of carbonyl (C=O) groups is 2. The third-order valence-corrected chi connectivity index (χ3v) is 8.98. The topological polar surface area (TPSA) is 158 Å². The predicted molar refractivity (Wildman–Crippen MR) is 140 cm³/mol. The van der Waals surface area contributed by atoms with E-state index in [2.05, 4.69) is 30.6 Å². The Hall–Kier alpha value is -1.21. The van der Waals surface area contributed by atoms with Gasteiger partial charge in [0.05, 0.1) is 12.1 Å². The maximum atomic E-state index is 13.5. The number of aliphatic hydroxyl groups is 3. The van der Waals surface area contributed by atoms with Crippen LogP contribution in [-0.2, 0) is 19.1 Å². The van der Waals surface area contributed by atoms with Crippen LogP contribution in [0.3, 0.4) is 0 Å². The zero-order chi connectivity index (χ0) is 27.1. The molecule has 3 saturated heterocycles. The highest BCUT2D eigenvalue weighted by atomic mass is 32.2. The summed E-state index contributed by atoms with van der Waals surface area (Å²) >= 11 is 1.42. The zero-order valence-electron chi connectivity index (χ0n) is 21.9. The first kappa shape index (κ1) is 30.3.